The highest BCUT2D eigenvalue weighted by atomic mass is 15.0. The van der Waals surface area contributed by atoms with Crippen molar-refractivity contribution in [1.29, 1.82) is 0 Å². The highest BCUT2D eigenvalue weighted by molar-refractivity contribution is 6.10. The Bertz CT molecular complexity index is 857. The first-order valence-electron chi connectivity index (χ1n) is 7.52. The van der Waals surface area contributed by atoms with E-state index in [4.69, 9.17) is 10.7 Å². The van der Waals surface area contributed by atoms with Gasteiger partial charge in [0.25, 0.3) is 0 Å². The van der Waals surface area contributed by atoms with E-state index in [2.05, 4.69) is 34.6 Å². The molecule has 1 aliphatic heterocycles. The third kappa shape index (κ3) is 2.44. The number of pyridine rings is 1. The number of aromatic nitrogens is 1. The Labute approximate surface area is 134 Å². The van der Waals surface area contributed by atoms with Crippen LogP contribution in [-0.2, 0) is 0 Å². The lowest BCUT2D eigenvalue weighted by atomic mass is 9.94. The molecule has 2 aromatic carbocycles. The van der Waals surface area contributed by atoms with E-state index in [-0.39, 0.29) is 6.04 Å². The van der Waals surface area contributed by atoms with E-state index in [9.17, 15) is 0 Å². The molecule has 0 radical (unpaired) electrons. The summed E-state index contributed by atoms with van der Waals surface area (Å²) in [7, 11) is 0. The molecule has 1 aliphatic rings. The van der Waals surface area contributed by atoms with Crippen LogP contribution in [0.5, 0.6) is 0 Å². The quantitative estimate of drug-likeness (QED) is 0.753. The standard InChI is InChI=1S/C19H16N4/c20-15-11-21-12-16-19(15)23-18(14-9-5-2-6-10-14)17(22-16)13-7-3-1-4-8-13/h1-12,18,23H,20H2. The fraction of sp³-hybridized carbons (Fsp3) is 0.0526. The van der Waals surface area contributed by atoms with E-state index in [1.165, 1.54) is 0 Å². The minimum absolute atomic E-state index is 0.0456. The van der Waals surface area contributed by atoms with Gasteiger partial charge in [-0.25, -0.2) is 4.99 Å². The number of rotatable bonds is 2. The van der Waals surface area contributed by atoms with Gasteiger partial charge in [0.1, 0.15) is 5.69 Å². The third-order valence-corrected chi connectivity index (χ3v) is 3.96. The maximum Gasteiger partial charge on any atom is 0.107 e. The summed E-state index contributed by atoms with van der Waals surface area (Å²) in [6.45, 7) is 0. The fourth-order valence-electron chi connectivity index (χ4n) is 2.84. The lowest BCUT2D eigenvalue weighted by molar-refractivity contribution is 1.01. The monoisotopic (exact) mass is 300 g/mol. The van der Waals surface area contributed by atoms with Gasteiger partial charge in [0.05, 0.1) is 35.5 Å². The van der Waals surface area contributed by atoms with Crippen LogP contribution in [0.3, 0.4) is 0 Å². The van der Waals surface area contributed by atoms with Gasteiger partial charge in [0, 0.05) is 0 Å². The van der Waals surface area contributed by atoms with Gasteiger partial charge in [-0.1, -0.05) is 60.7 Å². The molecule has 1 atom stereocenters. The molecule has 3 N–H and O–H groups in total. The molecular formula is C19H16N4. The minimum atomic E-state index is -0.0456. The predicted octanol–water partition coefficient (Wildman–Crippen LogP) is 3.95. The van der Waals surface area contributed by atoms with Crippen LogP contribution in [0.25, 0.3) is 0 Å². The van der Waals surface area contributed by atoms with Gasteiger partial charge < -0.3 is 11.1 Å². The minimum Gasteiger partial charge on any atom is -0.396 e. The summed E-state index contributed by atoms with van der Waals surface area (Å²) in [4.78, 5) is 9.00. The number of nitrogens with two attached hydrogens (primary N) is 1. The number of anilines is 2. The van der Waals surface area contributed by atoms with Gasteiger partial charge in [0.15, 0.2) is 0 Å². The largest absolute Gasteiger partial charge is 0.396 e. The maximum absolute atomic E-state index is 6.07. The summed E-state index contributed by atoms with van der Waals surface area (Å²) in [6.07, 6.45) is 3.39. The van der Waals surface area contributed by atoms with E-state index in [0.717, 1.165) is 28.2 Å². The van der Waals surface area contributed by atoms with Crippen LogP contribution in [0.15, 0.2) is 78.0 Å². The lowest BCUT2D eigenvalue weighted by Gasteiger charge is -2.28. The average Bonchev–Trinajstić information content (AvgIpc) is 2.63. The molecule has 0 spiro atoms. The molecule has 1 aromatic heterocycles. The van der Waals surface area contributed by atoms with Crippen molar-refractivity contribution < 1.29 is 0 Å². The van der Waals surface area contributed by atoms with Crippen LogP contribution in [0, 0.1) is 0 Å². The Balaban J connectivity index is 1.90. The summed E-state index contributed by atoms with van der Waals surface area (Å²) in [5.74, 6) is 0. The van der Waals surface area contributed by atoms with Crippen LogP contribution < -0.4 is 11.1 Å². The first-order valence-corrected chi connectivity index (χ1v) is 7.52. The first kappa shape index (κ1) is 13.5. The number of hydrogen-bond acceptors (Lipinski definition) is 4. The van der Waals surface area contributed by atoms with Gasteiger partial charge in [-0.15, -0.1) is 0 Å². The number of benzene rings is 2. The molecule has 0 aliphatic carbocycles. The second-order valence-corrected chi connectivity index (χ2v) is 5.47. The molecule has 0 saturated heterocycles. The van der Waals surface area contributed by atoms with Gasteiger partial charge in [0.2, 0.25) is 0 Å². The Morgan fingerprint density at radius 3 is 2.30 bits per heavy atom. The van der Waals surface area contributed by atoms with E-state index in [1.807, 2.05) is 36.4 Å². The summed E-state index contributed by atoms with van der Waals surface area (Å²) in [5.41, 5.74) is 11.5. The molecule has 0 saturated carbocycles. The van der Waals surface area contributed by atoms with E-state index in [1.54, 1.807) is 12.4 Å². The molecule has 0 fully saturated rings. The Hall–Kier alpha value is -3.14. The molecule has 0 bridgehead atoms. The van der Waals surface area contributed by atoms with Gasteiger partial charge in [-0.05, 0) is 11.1 Å². The molecule has 112 valence electrons. The van der Waals surface area contributed by atoms with Crippen LogP contribution in [-0.4, -0.2) is 10.7 Å². The van der Waals surface area contributed by atoms with Crippen LogP contribution >= 0.6 is 0 Å². The van der Waals surface area contributed by atoms with Crippen molar-refractivity contribution in [2.24, 2.45) is 4.99 Å². The summed E-state index contributed by atoms with van der Waals surface area (Å²) in [6, 6.07) is 20.4. The molecule has 0 amide bonds. The van der Waals surface area contributed by atoms with E-state index in [0.29, 0.717) is 5.69 Å². The highest BCUT2D eigenvalue weighted by Crippen LogP contribution is 2.39. The Morgan fingerprint density at radius 2 is 1.57 bits per heavy atom. The second kappa shape index (κ2) is 5.57. The Morgan fingerprint density at radius 1 is 0.870 bits per heavy atom. The topological polar surface area (TPSA) is 63.3 Å². The van der Waals surface area contributed by atoms with Crippen LogP contribution in [0.4, 0.5) is 17.1 Å². The summed E-state index contributed by atoms with van der Waals surface area (Å²) in [5, 5.41) is 3.53. The third-order valence-electron chi connectivity index (χ3n) is 3.96. The van der Waals surface area contributed by atoms with E-state index >= 15 is 0 Å². The molecule has 4 nitrogen and oxygen atoms in total. The zero-order valence-electron chi connectivity index (χ0n) is 12.5. The lowest BCUT2D eigenvalue weighted by Crippen LogP contribution is -2.25. The van der Waals surface area contributed by atoms with Crippen molar-refractivity contribution in [1.82, 2.24) is 4.98 Å². The molecule has 2 heterocycles. The number of nitrogens with zero attached hydrogens (tertiary/aromatic N) is 2. The zero-order valence-corrected chi connectivity index (χ0v) is 12.5. The fourth-order valence-corrected chi connectivity index (χ4v) is 2.84. The van der Waals surface area contributed by atoms with Crippen LogP contribution in [0.2, 0.25) is 0 Å². The zero-order chi connectivity index (χ0) is 15.6. The van der Waals surface area contributed by atoms with Crippen molar-refractivity contribution in [3.05, 3.63) is 84.2 Å². The first-order chi connectivity index (χ1) is 11.3. The molecule has 4 rings (SSSR count). The number of fused-ring (bicyclic) bond motifs is 1. The van der Waals surface area contributed by atoms with Crippen molar-refractivity contribution in [3.63, 3.8) is 0 Å². The average molecular weight is 300 g/mol. The molecule has 4 heteroatoms. The molecular weight excluding hydrogens is 284 g/mol. The molecule has 3 aromatic rings. The predicted molar refractivity (Wildman–Crippen MR) is 94.1 cm³/mol. The molecule has 1 unspecified atom stereocenters. The van der Waals surface area contributed by atoms with Crippen LogP contribution in [0.1, 0.15) is 17.2 Å². The Kier molecular flexibility index (Phi) is 3.27. The summed E-state index contributed by atoms with van der Waals surface area (Å²) < 4.78 is 0. The SMILES string of the molecule is Nc1cncc2c1NC(c1ccccc1)C(c1ccccc1)=N2. The second-order valence-electron chi connectivity index (χ2n) is 5.47. The smallest absolute Gasteiger partial charge is 0.107 e. The van der Waals surface area contributed by atoms with Crippen molar-refractivity contribution >= 4 is 22.8 Å². The van der Waals surface area contributed by atoms with Crippen molar-refractivity contribution in [2.45, 2.75) is 6.04 Å². The van der Waals surface area contributed by atoms with Crippen molar-refractivity contribution in [3.8, 4) is 0 Å². The van der Waals surface area contributed by atoms with Gasteiger partial charge in [-0.3, -0.25) is 4.98 Å². The highest BCUT2D eigenvalue weighted by Gasteiger charge is 2.26. The number of nitrogens with one attached hydrogen (secondary N) is 1. The van der Waals surface area contributed by atoms with Gasteiger partial charge in [-0.2, -0.15) is 0 Å². The van der Waals surface area contributed by atoms with E-state index < -0.39 is 0 Å². The number of nitrogen functional groups attached to an aromatic ring is 1. The van der Waals surface area contributed by atoms with Crippen molar-refractivity contribution in [2.75, 3.05) is 11.1 Å². The molecule has 23 heavy (non-hydrogen) atoms. The normalized spacial score (nSPS) is 16.2. The number of aliphatic imine (C=N–C) groups is 1. The summed E-state index contributed by atoms with van der Waals surface area (Å²) >= 11 is 0. The number of hydrogen-bond donors (Lipinski definition) is 2. The maximum atomic E-state index is 6.07. The van der Waals surface area contributed by atoms with Gasteiger partial charge >= 0.3 is 0 Å².